The maximum atomic E-state index is 7.20. The van der Waals surface area contributed by atoms with Crippen LogP contribution < -0.4 is 0 Å². The molecule has 0 bridgehead atoms. The maximum Gasteiger partial charge on any atom is 0.160 e. The highest BCUT2D eigenvalue weighted by molar-refractivity contribution is 6.32. The van der Waals surface area contributed by atoms with Crippen molar-refractivity contribution in [2.45, 2.75) is 57.4 Å². The highest BCUT2D eigenvalue weighted by Crippen LogP contribution is 2.61. The second-order valence-electron chi connectivity index (χ2n) is 27.6. The van der Waals surface area contributed by atoms with Gasteiger partial charge in [0, 0.05) is 92.8 Å². The highest BCUT2D eigenvalue weighted by atomic mass is 16.3. The van der Waals surface area contributed by atoms with Gasteiger partial charge >= 0.3 is 0 Å². The third-order valence-electron chi connectivity index (χ3n) is 21.8. The van der Waals surface area contributed by atoms with Crippen LogP contribution in [0.1, 0.15) is 69.1 Å². The average Bonchev–Trinajstić information content (AvgIpc) is 1.47. The molecular weight excluding hydrogens is 1150 g/mol. The van der Waals surface area contributed by atoms with Gasteiger partial charge in [-0.15, -0.1) is 0 Å². The lowest BCUT2D eigenvalue weighted by Gasteiger charge is -2.32. The molecule has 21 rings (SSSR count). The smallest absolute Gasteiger partial charge is 0.160 e. The number of nitrogens with zero attached hydrogens (tertiary/aromatic N) is 4. The number of hydrogen-bond acceptors (Lipinski definition) is 5. The van der Waals surface area contributed by atoms with E-state index in [1.165, 1.54) is 82.5 Å². The Kier molecular flexibility index (Phi) is 10.1. The van der Waals surface area contributed by atoms with E-state index in [0.29, 0.717) is 5.82 Å². The fraction of sp³-hybridized carbons (Fsp3) is 0.103. The van der Waals surface area contributed by atoms with E-state index in [-0.39, 0.29) is 5.41 Å². The molecular formula is C87H58N4O3. The summed E-state index contributed by atoms with van der Waals surface area (Å²) in [5.41, 5.74) is 26.2. The second-order valence-corrected chi connectivity index (χ2v) is 27.6. The third-order valence-corrected chi connectivity index (χ3v) is 21.8. The summed E-state index contributed by atoms with van der Waals surface area (Å²) in [4.78, 5) is 11.0. The zero-order chi connectivity index (χ0) is 62.3. The first-order valence-electron chi connectivity index (χ1n) is 32.8. The van der Waals surface area contributed by atoms with Crippen LogP contribution in [0.3, 0.4) is 0 Å². The van der Waals surface area contributed by atoms with Crippen molar-refractivity contribution in [3.8, 4) is 50.3 Å². The van der Waals surface area contributed by atoms with Gasteiger partial charge in [0.05, 0.1) is 44.1 Å². The highest BCUT2D eigenvalue weighted by Gasteiger charge is 2.45. The SMILES string of the molecule is CC1(C)c2cc(-c3ccc4nc(C5=CCC(C)(n6c7ccccc7c7c8c(c9oc%10ccccc%10c9c76)C(C)(C)c6ccccc6-8)C=C5)nc(-c5ccccc5)c4c3)ccc2-c2c1c1oc3ccccc3c1c1c2c2ccccc2n1-c1ccc2oc3ccccc3c2c1. The predicted octanol–water partition coefficient (Wildman–Crippen LogP) is 23.2. The van der Waals surface area contributed by atoms with Crippen molar-refractivity contribution < 1.29 is 13.3 Å². The topological polar surface area (TPSA) is 75.1 Å². The largest absolute Gasteiger partial charge is 0.456 e. The number of para-hydroxylation sites is 5. The maximum absolute atomic E-state index is 7.20. The number of furan rings is 3. The van der Waals surface area contributed by atoms with Crippen LogP contribution in [0.15, 0.2) is 262 Å². The fourth-order valence-corrected chi connectivity index (χ4v) is 17.5. The lowest BCUT2D eigenvalue weighted by molar-refractivity contribution is 0.439. The van der Waals surface area contributed by atoms with Gasteiger partial charge in [0.2, 0.25) is 0 Å². The van der Waals surface area contributed by atoms with Crippen LogP contribution in [0.5, 0.6) is 0 Å². The molecule has 7 nitrogen and oxygen atoms in total. The number of benzene rings is 12. The first-order chi connectivity index (χ1) is 46.0. The average molecular weight is 1210 g/mol. The van der Waals surface area contributed by atoms with Crippen molar-refractivity contribution in [1.82, 2.24) is 19.1 Å². The van der Waals surface area contributed by atoms with E-state index in [0.717, 1.165) is 122 Å². The molecule has 0 fully saturated rings. The molecule has 0 N–H and O–H groups in total. The third kappa shape index (κ3) is 6.70. The van der Waals surface area contributed by atoms with E-state index in [4.69, 9.17) is 23.2 Å². The number of hydrogen-bond donors (Lipinski definition) is 0. The normalized spacial score (nSPS) is 16.3. The molecule has 6 aromatic heterocycles. The van der Waals surface area contributed by atoms with Gasteiger partial charge < -0.3 is 22.4 Å². The molecule has 444 valence electrons. The summed E-state index contributed by atoms with van der Waals surface area (Å²) in [5, 5.41) is 12.7. The van der Waals surface area contributed by atoms with Gasteiger partial charge in [-0.05, 0) is 125 Å². The minimum Gasteiger partial charge on any atom is -0.456 e. The summed E-state index contributed by atoms with van der Waals surface area (Å²) >= 11 is 0. The number of fused-ring (bicyclic) bond motifs is 28. The summed E-state index contributed by atoms with van der Waals surface area (Å²) < 4.78 is 25.7. The standard InChI is InChI=1S/C87H58N4O3/c1-85(2)62-29-15-9-24-54(62)71-74-57-26-11-17-31-66(57)91(81(74)76-59-28-14-20-34-69(59)94-83(76)77(71)85)87(5)43-41-49(42-44-87)84-88-64-39-36-50(45-61(64)79(89-84)48-21-7-6-8-22-48)51-35-38-55-63(46-51)86(3,4)78-72(55)73-56-25-10-16-30-65(56)90(80(73)75-58-27-13-19-33-68(58)93-82(75)78)52-37-40-70-60(47-52)53-23-12-18-32-67(53)92-70/h6-43,45-47H,44H2,1-5H3. The minimum absolute atomic E-state index is 0.270. The van der Waals surface area contributed by atoms with E-state index in [9.17, 15) is 0 Å². The summed E-state index contributed by atoms with van der Waals surface area (Å²) in [6.45, 7) is 11.9. The van der Waals surface area contributed by atoms with Crippen LogP contribution in [0.25, 0.3) is 176 Å². The predicted molar refractivity (Wildman–Crippen MR) is 387 cm³/mol. The Morgan fingerprint density at radius 2 is 0.968 bits per heavy atom. The van der Waals surface area contributed by atoms with Gasteiger partial charge in [-0.2, -0.15) is 0 Å². The van der Waals surface area contributed by atoms with Crippen LogP contribution in [0, 0.1) is 0 Å². The molecule has 0 saturated heterocycles. The summed E-state index contributed by atoms with van der Waals surface area (Å²) in [5.74, 6) is 0.705. The van der Waals surface area contributed by atoms with Gasteiger partial charge in [0.1, 0.15) is 33.5 Å². The Morgan fingerprint density at radius 1 is 0.404 bits per heavy atom. The van der Waals surface area contributed by atoms with Crippen molar-refractivity contribution in [3.05, 3.63) is 277 Å². The lowest BCUT2D eigenvalue weighted by Crippen LogP contribution is -2.28. The molecule has 0 amide bonds. The van der Waals surface area contributed by atoms with Gasteiger partial charge in [0.25, 0.3) is 0 Å². The number of allylic oxidation sites excluding steroid dienone is 4. The lowest BCUT2D eigenvalue weighted by atomic mass is 9.80. The van der Waals surface area contributed by atoms with Gasteiger partial charge in [-0.3, -0.25) is 0 Å². The first-order valence-corrected chi connectivity index (χ1v) is 32.8. The summed E-state index contributed by atoms with van der Waals surface area (Å²) in [7, 11) is 0. The van der Waals surface area contributed by atoms with Gasteiger partial charge in [-0.25, -0.2) is 9.97 Å². The van der Waals surface area contributed by atoms with Crippen molar-refractivity contribution in [3.63, 3.8) is 0 Å². The Hall–Kier alpha value is -11.5. The van der Waals surface area contributed by atoms with E-state index in [1.54, 1.807) is 0 Å². The monoisotopic (exact) mass is 1210 g/mol. The van der Waals surface area contributed by atoms with E-state index in [1.807, 2.05) is 6.07 Å². The van der Waals surface area contributed by atoms with Crippen LogP contribution in [0.4, 0.5) is 0 Å². The summed E-state index contributed by atoms with van der Waals surface area (Å²) in [6.07, 6.45) is 7.74. The Labute approximate surface area is 539 Å². The van der Waals surface area contributed by atoms with Gasteiger partial charge in [0.15, 0.2) is 5.82 Å². The molecule has 0 aliphatic heterocycles. The summed E-state index contributed by atoms with van der Waals surface area (Å²) in [6, 6.07) is 83.5. The zero-order valence-electron chi connectivity index (χ0n) is 52.4. The van der Waals surface area contributed by atoms with Crippen molar-refractivity contribution >= 4 is 126 Å². The molecule has 6 heterocycles. The molecule has 1 unspecified atom stereocenters. The molecule has 0 radical (unpaired) electrons. The molecule has 94 heavy (non-hydrogen) atoms. The van der Waals surface area contributed by atoms with Crippen LogP contribution in [0.2, 0.25) is 0 Å². The van der Waals surface area contributed by atoms with Crippen molar-refractivity contribution in [2.24, 2.45) is 0 Å². The zero-order valence-corrected chi connectivity index (χ0v) is 52.4. The van der Waals surface area contributed by atoms with Crippen molar-refractivity contribution in [2.75, 3.05) is 0 Å². The second kappa shape index (κ2) is 18.1. The molecule has 0 saturated carbocycles. The van der Waals surface area contributed by atoms with Crippen molar-refractivity contribution in [1.29, 1.82) is 0 Å². The Morgan fingerprint density at radius 3 is 1.69 bits per heavy atom. The molecule has 0 spiro atoms. The molecule has 12 aromatic carbocycles. The molecule has 3 aliphatic rings. The fourth-order valence-electron chi connectivity index (χ4n) is 17.5. The van der Waals surface area contributed by atoms with Crippen LogP contribution in [-0.4, -0.2) is 19.1 Å². The Balaban J connectivity index is 0.705. The number of rotatable bonds is 5. The number of aromatic nitrogens is 4. The molecule has 7 heteroatoms. The molecule has 18 aromatic rings. The minimum atomic E-state index is -0.465. The van der Waals surface area contributed by atoms with Crippen LogP contribution >= 0.6 is 0 Å². The van der Waals surface area contributed by atoms with Gasteiger partial charge in [-0.1, -0.05) is 210 Å². The van der Waals surface area contributed by atoms with E-state index in [2.05, 4.69) is 286 Å². The Bertz CT molecular complexity index is 6530. The molecule has 1 atom stereocenters. The van der Waals surface area contributed by atoms with Crippen LogP contribution in [-0.2, 0) is 16.4 Å². The van der Waals surface area contributed by atoms with E-state index < -0.39 is 11.0 Å². The van der Waals surface area contributed by atoms with E-state index >= 15 is 0 Å². The first kappa shape index (κ1) is 52.1. The molecule has 3 aliphatic carbocycles. The quantitative estimate of drug-likeness (QED) is 0.172.